The van der Waals surface area contributed by atoms with Gasteiger partial charge in [0.1, 0.15) is 18.4 Å². The van der Waals surface area contributed by atoms with Crippen molar-refractivity contribution in [2.45, 2.75) is 58.3 Å². The Morgan fingerprint density at radius 1 is 1.22 bits per heavy atom. The molecule has 1 aromatic carbocycles. The van der Waals surface area contributed by atoms with Crippen LogP contribution in [0.3, 0.4) is 0 Å². The highest BCUT2D eigenvalue weighted by molar-refractivity contribution is 6.45. The van der Waals surface area contributed by atoms with E-state index in [0.29, 0.717) is 28.8 Å². The Hall–Kier alpha value is -3.39. The second-order valence-corrected chi connectivity index (χ2v) is 10.7. The molecule has 1 unspecified atom stereocenters. The number of aliphatic carboxylic acids is 1. The zero-order chi connectivity index (χ0) is 26.4. The first-order chi connectivity index (χ1) is 17.8. The van der Waals surface area contributed by atoms with E-state index in [-0.39, 0.29) is 17.5 Å². The second-order valence-electron chi connectivity index (χ2n) is 10.7. The van der Waals surface area contributed by atoms with E-state index >= 15 is 0 Å². The second kappa shape index (κ2) is 11.8. The Morgan fingerprint density at radius 2 is 2.00 bits per heavy atom. The van der Waals surface area contributed by atoms with Gasteiger partial charge in [-0.25, -0.2) is 4.39 Å². The quantitative estimate of drug-likeness (QED) is 0.491. The number of hydrogen-bond donors (Lipinski definition) is 2. The largest absolute Gasteiger partial charge is 0.481 e. The summed E-state index contributed by atoms with van der Waals surface area (Å²) in [6.07, 6.45) is 5.99. The summed E-state index contributed by atoms with van der Waals surface area (Å²) >= 11 is 0. The molecule has 2 atom stereocenters. The lowest BCUT2D eigenvalue weighted by Crippen LogP contribution is -2.45. The summed E-state index contributed by atoms with van der Waals surface area (Å²) in [6.45, 7) is 6.51. The summed E-state index contributed by atoms with van der Waals surface area (Å²) in [7, 11) is 0. The van der Waals surface area contributed by atoms with Crippen LogP contribution in [0.1, 0.15) is 62.4 Å². The molecule has 0 spiro atoms. The Balaban J connectivity index is 1.54. The first-order valence-electron chi connectivity index (χ1n) is 12.9. The van der Waals surface area contributed by atoms with Crippen molar-refractivity contribution in [2.24, 2.45) is 10.4 Å². The lowest BCUT2D eigenvalue weighted by atomic mass is 9.84. The van der Waals surface area contributed by atoms with Crippen LogP contribution in [0.2, 0.25) is 0 Å². The minimum atomic E-state index is -0.961. The summed E-state index contributed by atoms with van der Waals surface area (Å²) in [4.78, 5) is 36.3. The summed E-state index contributed by atoms with van der Waals surface area (Å²) in [5, 5.41) is 12.4. The lowest BCUT2D eigenvalue weighted by molar-refractivity contribution is -0.137. The number of nitrogens with zero attached hydrogens (tertiary/aromatic N) is 3. The third-order valence-electron chi connectivity index (χ3n) is 7.06. The molecule has 7 nitrogen and oxygen atoms in total. The lowest BCUT2D eigenvalue weighted by Gasteiger charge is -2.38. The zero-order valence-electron chi connectivity index (χ0n) is 21.5. The van der Waals surface area contributed by atoms with Crippen LogP contribution in [0.15, 0.2) is 59.7 Å². The predicted octanol–water partition coefficient (Wildman–Crippen LogP) is 4.60. The maximum atomic E-state index is 13.8. The zero-order valence-corrected chi connectivity index (χ0v) is 21.5. The van der Waals surface area contributed by atoms with Gasteiger partial charge in [-0.3, -0.25) is 19.6 Å². The Bertz CT molecular complexity index is 1180. The van der Waals surface area contributed by atoms with Gasteiger partial charge in [-0.1, -0.05) is 44.2 Å². The first kappa shape index (κ1) is 26.7. The monoisotopic (exact) mass is 506 g/mol. The number of benzene rings is 1. The van der Waals surface area contributed by atoms with E-state index in [1.165, 1.54) is 6.42 Å². The molecule has 0 radical (unpaired) electrons. The van der Waals surface area contributed by atoms with Gasteiger partial charge in [-0.2, -0.15) is 0 Å². The van der Waals surface area contributed by atoms with Gasteiger partial charge in [-0.15, -0.1) is 0 Å². The Kier molecular flexibility index (Phi) is 8.48. The van der Waals surface area contributed by atoms with Gasteiger partial charge in [0, 0.05) is 25.3 Å². The number of aliphatic imine (C=N–C) groups is 1. The molecule has 2 aliphatic heterocycles. The number of carbonyl (C=O) groups excluding carboxylic acids is 1. The van der Waals surface area contributed by atoms with Crippen molar-refractivity contribution in [3.63, 3.8) is 0 Å². The normalized spacial score (nSPS) is 20.1. The van der Waals surface area contributed by atoms with Crippen LogP contribution in [0.5, 0.6) is 0 Å². The minimum Gasteiger partial charge on any atom is -0.481 e. The number of carboxylic acids is 1. The molecular weight excluding hydrogens is 471 g/mol. The maximum Gasteiger partial charge on any atom is 0.305 e. The average Bonchev–Trinajstić information content (AvgIpc) is 3.32. The van der Waals surface area contributed by atoms with Crippen molar-refractivity contribution in [3.8, 4) is 0 Å². The number of aromatic nitrogens is 1. The highest BCUT2D eigenvalue weighted by Gasteiger charge is 2.31. The topological polar surface area (TPSA) is 94.9 Å². The SMILES string of the molecule is CC1(C)CCCN(CC[C@@H](CC(=O)O)NC(=O)C2=NC(c3ccccn3)C(c3ccccc3CF)=C2)C1. The van der Waals surface area contributed by atoms with Crippen LogP contribution in [0.4, 0.5) is 4.39 Å². The molecule has 1 saturated heterocycles. The highest BCUT2D eigenvalue weighted by atomic mass is 19.1. The number of rotatable bonds is 10. The number of piperidine rings is 1. The molecule has 1 aromatic heterocycles. The van der Waals surface area contributed by atoms with Gasteiger partial charge in [0.25, 0.3) is 5.91 Å². The van der Waals surface area contributed by atoms with E-state index in [1.54, 1.807) is 30.5 Å². The van der Waals surface area contributed by atoms with Crippen LogP contribution >= 0.6 is 0 Å². The number of halogens is 1. The molecule has 4 rings (SSSR count). The number of pyridine rings is 1. The maximum absolute atomic E-state index is 13.8. The molecular formula is C29H35FN4O3. The van der Waals surface area contributed by atoms with E-state index in [0.717, 1.165) is 26.1 Å². The van der Waals surface area contributed by atoms with Crippen molar-refractivity contribution in [1.29, 1.82) is 0 Å². The van der Waals surface area contributed by atoms with Crippen LogP contribution in [0.25, 0.3) is 5.57 Å². The van der Waals surface area contributed by atoms with Crippen LogP contribution in [-0.4, -0.2) is 58.3 Å². The van der Waals surface area contributed by atoms with Gasteiger partial charge in [0.15, 0.2) is 0 Å². The molecule has 8 heteroatoms. The van der Waals surface area contributed by atoms with Crippen molar-refractivity contribution < 1.29 is 19.1 Å². The molecule has 0 bridgehead atoms. The third kappa shape index (κ3) is 6.89. The first-order valence-corrected chi connectivity index (χ1v) is 12.9. The fraction of sp³-hybridized carbons (Fsp3) is 0.448. The number of alkyl halides is 1. The van der Waals surface area contributed by atoms with Crippen molar-refractivity contribution >= 4 is 23.2 Å². The molecule has 3 heterocycles. The van der Waals surface area contributed by atoms with Gasteiger partial charge in [0.05, 0.1) is 12.1 Å². The highest BCUT2D eigenvalue weighted by Crippen LogP contribution is 2.38. The molecule has 2 N–H and O–H groups in total. The Morgan fingerprint density at radius 3 is 2.70 bits per heavy atom. The third-order valence-corrected chi connectivity index (χ3v) is 7.06. The standard InChI is InChI=1S/C29H35FN4O3/c1-29(2)12-7-14-34(19-29)15-11-21(16-26(35)36)32-28(37)25-17-23(22-9-4-3-8-20(22)18-30)27(33-25)24-10-5-6-13-31-24/h3-6,8-10,13,17,21,27H,7,11-12,14-16,18-19H2,1-2H3,(H,32,37)(H,35,36)/t21-,27?/m0/s1. The number of nitrogens with one attached hydrogen (secondary N) is 1. The summed E-state index contributed by atoms with van der Waals surface area (Å²) < 4.78 is 13.8. The van der Waals surface area contributed by atoms with Crippen molar-refractivity contribution in [1.82, 2.24) is 15.2 Å². The molecule has 0 saturated carbocycles. The smallest absolute Gasteiger partial charge is 0.305 e. The van der Waals surface area contributed by atoms with E-state index in [2.05, 4.69) is 34.0 Å². The van der Waals surface area contributed by atoms with Gasteiger partial charge >= 0.3 is 5.97 Å². The molecule has 2 aliphatic rings. The summed E-state index contributed by atoms with van der Waals surface area (Å²) in [6, 6.07) is 11.5. The summed E-state index contributed by atoms with van der Waals surface area (Å²) in [5.41, 5.74) is 2.97. The minimum absolute atomic E-state index is 0.165. The fourth-order valence-electron chi connectivity index (χ4n) is 5.27. The molecule has 1 fully saturated rings. The fourth-order valence-corrected chi connectivity index (χ4v) is 5.27. The van der Waals surface area contributed by atoms with Crippen molar-refractivity contribution in [3.05, 3.63) is 71.6 Å². The van der Waals surface area contributed by atoms with E-state index < -0.39 is 30.6 Å². The van der Waals surface area contributed by atoms with Gasteiger partial charge in [-0.05, 0) is 66.1 Å². The van der Waals surface area contributed by atoms with E-state index in [1.807, 2.05) is 24.3 Å². The van der Waals surface area contributed by atoms with Gasteiger partial charge in [0.2, 0.25) is 0 Å². The van der Waals surface area contributed by atoms with E-state index in [4.69, 9.17) is 0 Å². The number of carbonyl (C=O) groups is 2. The van der Waals surface area contributed by atoms with Crippen LogP contribution in [-0.2, 0) is 16.3 Å². The number of hydrogen-bond acceptors (Lipinski definition) is 5. The molecule has 0 aliphatic carbocycles. The number of carboxylic acid groups (broad SMARTS) is 1. The molecule has 196 valence electrons. The molecule has 1 amide bonds. The molecule has 37 heavy (non-hydrogen) atoms. The van der Waals surface area contributed by atoms with E-state index in [9.17, 15) is 19.1 Å². The van der Waals surface area contributed by atoms with Crippen LogP contribution in [0, 0.1) is 5.41 Å². The van der Waals surface area contributed by atoms with Crippen molar-refractivity contribution in [2.75, 3.05) is 19.6 Å². The summed E-state index contributed by atoms with van der Waals surface area (Å²) in [5.74, 6) is -1.39. The molecule has 2 aromatic rings. The number of amides is 1. The Labute approximate surface area is 217 Å². The number of likely N-dealkylation sites (tertiary alicyclic amines) is 1. The predicted molar refractivity (Wildman–Crippen MR) is 142 cm³/mol. The van der Waals surface area contributed by atoms with Crippen LogP contribution < -0.4 is 5.32 Å². The van der Waals surface area contributed by atoms with Gasteiger partial charge < -0.3 is 15.3 Å². The average molecular weight is 507 g/mol.